The second-order valence-corrected chi connectivity index (χ2v) is 6.60. The standard InChI is InChI=1S/C17H19BrN4O7/c1-21-9-10(18)6-13(21)17(24)20-19-16(23)11-7-14(28-3)15(29-5-4-27-2)8-12(11)22(25)26/h6-9H,4-5H2,1-3H3,(H,19,23)(H,20,24). The highest BCUT2D eigenvalue weighted by molar-refractivity contribution is 9.10. The molecule has 0 unspecified atom stereocenters. The lowest BCUT2D eigenvalue weighted by atomic mass is 10.1. The molecule has 2 N–H and O–H groups in total. The van der Waals surface area contributed by atoms with E-state index in [4.69, 9.17) is 14.2 Å². The molecule has 0 saturated carbocycles. The van der Waals surface area contributed by atoms with E-state index in [1.807, 2.05) is 0 Å². The zero-order valence-electron chi connectivity index (χ0n) is 15.9. The minimum absolute atomic E-state index is 0.0884. The molecule has 0 atom stereocenters. The fraction of sp³-hybridized carbons (Fsp3) is 0.294. The van der Waals surface area contributed by atoms with Crippen LogP contribution < -0.4 is 20.3 Å². The number of amides is 2. The van der Waals surface area contributed by atoms with Crippen molar-refractivity contribution in [3.8, 4) is 11.5 Å². The summed E-state index contributed by atoms with van der Waals surface area (Å²) in [4.78, 5) is 35.4. The molecular weight excluding hydrogens is 452 g/mol. The summed E-state index contributed by atoms with van der Waals surface area (Å²) in [5.41, 5.74) is 3.84. The highest BCUT2D eigenvalue weighted by Crippen LogP contribution is 2.34. The summed E-state index contributed by atoms with van der Waals surface area (Å²) >= 11 is 3.24. The Morgan fingerprint density at radius 2 is 1.83 bits per heavy atom. The van der Waals surface area contributed by atoms with Gasteiger partial charge in [-0.1, -0.05) is 0 Å². The number of nitro benzene ring substituents is 1. The number of methoxy groups -OCH3 is 2. The minimum atomic E-state index is -0.889. The van der Waals surface area contributed by atoms with Gasteiger partial charge >= 0.3 is 0 Å². The fourth-order valence-electron chi connectivity index (χ4n) is 2.38. The number of rotatable bonds is 8. The van der Waals surface area contributed by atoms with Gasteiger partial charge in [-0.15, -0.1) is 0 Å². The zero-order chi connectivity index (χ0) is 21.6. The normalized spacial score (nSPS) is 10.3. The van der Waals surface area contributed by atoms with Gasteiger partial charge in [0.2, 0.25) is 0 Å². The fourth-order valence-corrected chi connectivity index (χ4v) is 2.91. The third-order valence-electron chi connectivity index (χ3n) is 3.76. The summed E-state index contributed by atoms with van der Waals surface area (Å²) in [6, 6.07) is 3.81. The summed E-state index contributed by atoms with van der Waals surface area (Å²) < 4.78 is 17.6. The summed E-state index contributed by atoms with van der Waals surface area (Å²) in [7, 11) is 4.47. The number of nitrogens with zero attached hydrogens (tertiary/aromatic N) is 2. The average Bonchev–Trinajstić information content (AvgIpc) is 3.03. The molecule has 0 aliphatic rings. The third-order valence-corrected chi connectivity index (χ3v) is 4.20. The molecule has 0 fully saturated rings. The maximum Gasteiger partial charge on any atom is 0.286 e. The number of hydrogen-bond donors (Lipinski definition) is 2. The quantitative estimate of drug-likeness (QED) is 0.341. The first-order chi connectivity index (χ1) is 13.8. The van der Waals surface area contributed by atoms with Crippen LogP contribution in [-0.4, -0.2) is 48.7 Å². The molecule has 0 bridgehead atoms. The van der Waals surface area contributed by atoms with E-state index >= 15 is 0 Å². The summed E-state index contributed by atoms with van der Waals surface area (Å²) in [5, 5.41) is 11.4. The molecule has 0 saturated heterocycles. The van der Waals surface area contributed by atoms with Gasteiger partial charge < -0.3 is 18.8 Å². The van der Waals surface area contributed by atoms with Crippen LogP contribution in [0.2, 0.25) is 0 Å². The first-order valence-electron chi connectivity index (χ1n) is 8.19. The van der Waals surface area contributed by atoms with Gasteiger partial charge in [0.1, 0.15) is 17.9 Å². The Morgan fingerprint density at radius 1 is 1.14 bits per heavy atom. The van der Waals surface area contributed by atoms with Gasteiger partial charge in [0.05, 0.1) is 24.7 Å². The molecule has 29 heavy (non-hydrogen) atoms. The number of halogens is 1. The van der Waals surface area contributed by atoms with E-state index in [0.29, 0.717) is 4.47 Å². The smallest absolute Gasteiger partial charge is 0.286 e. The van der Waals surface area contributed by atoms with Gasteiger partial charge in [-0.05, 0) is 22.0 Å². The highest BCUT2D eigenvalue weighted by atomic mass is 79.9. The van der Waals surface area contributed by atoms with Crippen LogP contribution in [0.1, 0.15) is 20.8 Å². The lowest BCUT2D eigenvalue weighted by molar-refractivity contribution is -0.385. The second kappa shape index (κ2) is 9.89. The number of ether oxygens (including phenoxy) is 3. The van der Waals surface area contributed by atoms with E-state index in [9.17, 15) is 19.7 Å². The van der Waals surface area contributed by atoms with Crippen LogP contribution in [0.25, 0.3) is 0 Å². The Balaban J connectivity index is 2.22. The summed E-state index contributed by atoms with van der Waals surface area (Å²) in [6.07, 6.45) is 1.66. The molecule has 0 aliphatic carbocycles. The average molecular weight is 471 g/mol. The predicted octanol–water partition coefficient (Wildman–Crippen LogP) is 1.80. The van der Waals surface area contributed by atoms with Crippen molar-refractivity contribution in [3.05, 3.63) is 50.2 Å². The van der Waals surface area contributed by atoms with Crippen LogP contribution in [0, 0.1) is 10.1 Å². The number of nitro groups is 1. The van der Waals surface area contributed by atoms with E-state index in [2.05, 4.69) is 26.8 Å². The number of carbonyl (C=O) groups is 2. The Bertz CT molecular complexity index is 929. The van der Waals surface area contributed by atoms with Gasteiger partial charge in [0, 0.05) is 30.9 Å². The largest absolute Gasteiger partial charge is 0.493 e. The molecule has 1 heterocycles. The molecule has 0 spiro atoms. The van der Waals surface area contributed by atoms with Crippen molar-refractivity contribution in [1.82, 2.24) is 15.4 Å². The van der Waals surface area contributed by atoms with Crippen LogP contribution in [0.4, 0.5) is 5.69 Å². The minimum Gasteiger partial charge on any atom is -0.493 e. The highest BCUT2D eigenvalue weighted by Gasteiger charge is 2.25. The van der Waals surface area contributed by atoms with Crippen molar-refractivity contribution in [1.29, 1.82) is 0 Å². The van der Waals surface area contributed by atoms with Crippen molar-refractivity contribution in [2.45, 2.75) is 0 Å². The lowest BCUT2D eigenvalue weighted by Crippen LogP contribution is -2.42. The molecule has 0 radical (unpaired) electrons. The molecule has 2 rings (SSSR count). The predicted molar refractivity (Wildman–Crippen MR) is 105 cm³/mol. The molecule has 11 nitrogen and oxygen atoms in total. The molecule has 1 aromatic carbocycles. The number of aromatic nitrogens is 1. The molecule has 0 aliphatic heterocycles. The van der Waals surface area contributed by atoms with Crippen LogP contribution in [0.3, 0.4) is 0 Å². The van der Waals surface area contributed by atoms with Crippen molar-refractivity contribution in [3.63, 3.8) is 0 Å². The molecular formula is C17H19BrN4O7. The number of nitrogens with one attached hydrogen (secondary N) is 2. The van der Waals surface area contributed by atoms with Crippen LogP contribution in [-0.2, 0) is 11.8 Å². The monoisotopic (exact) mass is 470 g/mol. The van der Waals surface area contributed by atoms with Crippen molar-refractivity contribution in [2.75, 3.05) is 27.4 Å². The van der Waals surface area contributed by atoms with Crippen molar-refractivity contribution < 1.29 is 28.7 Å². The number of aryl methyl sites for hydroxylation is 1. The van der Waals surface area contributed by atoms with E-state index < -0.39 is 22.4 Å². The molecule has 1 aromatic heterocycles. The Morgan fingerprint density at radius 3 is 2.38 bits per heavy atom. The van der Waals surface area contributed by atoms with Gasteiger partial charge in [-0.2, -0.15) is 0 Å². The first kappa shape index (κ1) is 22.2. The van der Waals surface area contributed by atoms with Crippen LogP contribution in [0.15, 0.2) is 28.9 Å². The SMILES string of the molecule is COCCOc1cc([N+](=O)[O-])c(C(=O)NNC(=O)c2cc(Br)cn2C)cc1OC. The zero-order valence-corrected chi connectivity index (χ0v) is 17.4. The maximum absolute atomic E-state index is 12.5. The Labute approximate surface area is 174 Å². The third kappa shape index (κ3) is 5.45. The second-order valence-electron chi connectivity index (χ2n) is 5.68. The number of hydrogen-bond acceptors (Lipinski definition) is 7. The molecule has 2 amide bonds. The van der Waals surface area contributed by atoms with Gasteiger partial charge in [-0.25, -0.2) is 0 Å². The van der Waals surface area contributed by atoms with Crippen LogP contribution >= 0.6 is 15.9 Å². The summed E-state index contributed by atoms with van der Waals surface area (Å²) in [6.45, 7) is 0.401. The van der Waals surface area contributed by atoms with E-state index in [1.54, 1.807) is 23.9 Å². The van der Waals surface area contributed by atoms with Crippen molar-refractivity contribution >= 4 is 33.4 Å². The van der Waals surface area contributed by atoms with Crippen molar-refractivity contribution in [2.24, 2.45) is 7.05 Å². The number of hydrazine groups is 1. The maximum atomic E-state index is 12.5. The lowest BCUT2D eigenvalue weighted by Gasteiger charge is -2.13. The first-order valence-corrected chi connectivity index (χ1v) is 8.98. The Kier molecular flexibility index (Phi) is 7.56. The van der Waals surface area contributed by atoms with Gasteiger partial charge in [0.25, 0.3) is 17.5 Å². The number of benzene rings is 1. The summed E-state index contributed by atoms with van der Waals surface area (Å²) in [5.74, 6) is -1.28. The molecule has 156 valence electrons. The van der Waals surface area contributed by atoms with E-state index in [0.717, 1.165) is 6.07 Å². The topological polar surface area (TPSA) is 134 Å². The Hall–Kier alpha value is -3.12. The van der Waals surface area contributed by atoms with Gasteiger partial charge in [-0.3, -0.25) is 30.6 Å². The van der Waals surface area contributed by atoms with E-state index in [-0.39, 0.29) is 36.0 Å². The molecule has 2 aromatic rings. The van der Waals surface area contributed by atoms with E-state index in [1.165, 1.54) is 20.3 Å². The molecule has 12 heteroatoms. The van der Waals surface area contributed by atoms with Gasteiger partial charge in [0.15, 0.2) is 11.5 Å². The van der Waals surface area contributed by atoms with Crippen LogP contribution in [0.5, 0.6) is 11.5 Å². The number of carbonyl (C=O) groups excluding carboxylic acids is 2.